The molecule has 0 unspecified atom stereocenters. The van der Waals surface area contributed by atoms with E-state index in [-0.39, 0.29) is 13.1 Å². The molecular formula is C12H21N3O3. The number of carbonyl (C=O) groups is 2. The van der Waals surface area contributed by atoms with Gasteiger partial charge in [0.05, 0.1) is 6.54 Å². The van der Waals surface area contributed by atoms with Gasteiger partial charge in [0.2, 0.25) is 0 Å². The maximum Gasteiger partial charge on any atom is 0.323 e. The second-order valence-corrected chi connectivity index (χ2v) is 3.71. The van der Waals surface area contributed by atoms with Gasteiger partial charge in [-0.05, 0) is 13.1 Å². The second kappa shape index (κ2) is 9.31. The van der Waals surface area contributed by atoms with Crippen LogP contribution in [0.25, 0.3) is 0 Å². The van der Waals surface area contributed by atoms with E-state index in [1.54, 1.807) is 0 Å². The van der Waals surface area contributed by atoms with Crippen molar-refractivity contribution < 1.29 is 14.7 Å². The van der Waals surface area contributed by atoms with Gasteiger partial charge in [-0.15, -0.1) is 6.42 Å². The highest BCUT2D eigenvalue weighted by Crippen LogP contribution is 1.90. The largest absolute Gasteiger partial charge is 0.480 e. The fourth-order valence-corrected chi connectivity index (χ4v) is 1.45. The van der Waals surface area contributed by atoms with Crippen LogP contribution in [0.2, 0.25) is 0 Å². The van der Waals surface area contributed by atoms with Crippen LogP contribution >= 0.6 is 0 Å². The number of carboxylic acids is 1. The van der Waals surface area contributed by atoms with Crippen molar-refractivity contribution in [3.63, 3.8) is 0 Å². The van der Waals surface area contributed by atoms with E-state index >= 15 is 0 Å². The number of aliphatic carboxylic acids is 1. The fourth-order valence-electron chi connectivity index (χ4n) is 1.45. The average molecular weight is 255 g/mol. The minimum atomic E-state index is -1.08. The first kappa shape index (κ1) is 16.3. The van der Waals surface area contributed by atoms with Crippen LogP contribution in [0.1, 0.15) is 13.8 Å². The minimum Gasteiger partial charge on any atom is -0.480 e. The molecule has 0 aliphatic carbocycles. The Bertz CT molecular complexity index is 308. The zero-order valence-corrected chi connectivity index (χ0v) is 11.0. The van der Waals surface area contributed by atoms with Gasteiger partial charge in [-0.3, -0.25) is 4.79 Å². The summed E-state index contributed by atoms with van der Waals surface area (Å²) in [5.41, 5.74) is 0. The summed E-state index contributed by atoms with van der Waals surface area (Å²) < 4.78 is 0. The predicted octanol–water partition coefficient (Wildman–Crippen LogP) is 0.0576. The van der Waals surface area contributed by atoms with E-state index < -0.39 is 12.0 Å². The van der Waals surface area contributed by atoms with Crippen molar-refractivity contribution in [1.29, 1.82) is 0 Å². The quantitative estimate of drug-likeness (QED) is 0.601. The number of nitrogens with zero attached hydrogens (tertiary/aromatic N) is 2. The molecule has 6 nitrogen and oxygen atoms in total. The maximum absolute atomic E-state index is 11.7. The Balaban J connectivity index is 4.10. The van der Waals surface area contributed by atoms with E-state index in [9.17, 15) is 9.59 Å². The van der Waals surface area contributed by atoms with Crippen molar-refractivity contribution >= 4 is 12.0 Å². The number of terminal acetylenes is 1. The summed E-state index contributed by atoms with van der Waals surface area (Å²) in [5, 5.41) is 11.3. The number of nitrogens with one attached hydrogen (secondary N) is 1. The number of carbonyl (C=O) groups excluding carboxylic acids is 1. The van der Waals surface area contributed by atoms with Gasteiger partial charge in [0, 0.05) is 13.1 Å². The summed E-state index contributed by atoms with van der Waals surface area (Å²) in [6.45, 7) is 6.72. The maximum atomic E-state index is 11.7. The molecule has 0 atom stereocenters. The predicted molar refractivity (Wildman–Crippen MR) is 69.2 cm³/mol. The Morgan fingerprint density at radius 2 is 1.94 bits per heavy atom. The lowest BCUT2D eigenvalue weighted by Crippen LogP contribution is -2.45. The molecule has 2 amide bonds. The van der Waals surface area contributed by atoms with Crippen LogP contribution in [0.4, 0.5) is 4.79 Å². The molecule has 6 heteroatoms. The van der Waals surface area contributed by atoms with Crippen LogP contribution in [0.15, 0.2) is 0 Å². The third kappa shape index (κ3) is 6.76. The van der Waals surface area contributed by atoms with Crippen LogP contribution in [0.5, 0.6) is 0 Å². The highest BCUT2D eigenvalue weighted by Gasteiger charge is 2.15. The van der Waals surface area contributed by atoms with Crippen LogP contribution < -0.4 is 5.32 Å². The van der Waals surface area contributed by atoms with Gasteiger partial charge >= 0.3 is 12.0 Å². The number of amides is 2. The topological polar surface area (TPSA) is 72.9 Å². The molecule has 0 aromatic rings. The Morgan fingerprint density at radius 3 is 2.39 bits per heavy atom. The molecule has 0 saturated carbocycles. The van der Waals surface area contributed by atoms with Crippen molar-refractivity contribution in [2.24, 2.45) is 0 Å². The SMILES string of the molecule is C#CCN(CC(=O)O)C(=O)NCCN(CC)CC. The second-order valence-electron chi connectivity index (χ2n) is 3.71. The normalized spacial score (nSPS) is 9.89. The summed E-state index contributed by atoms with van der Waals surface area (Å²) in [5.74, 6) is 1.19. The monoisotopic (exact) mass is 255 g/mol. The summed E-state index contributed by atoms with van der Waals surface area (Å²) in [6, 6.07) is -0.442. The van der Waals surface area contributed by atoms with Gasteiger partial charge in [0.1, 0.15) is 6.54 Å². The number of likely N-dealkylation sites (N-methyl/N-ethyl adjacent to an activating group) is 1. The van der Waals surface area contributed by atoms with Crippen LogP contribution in [0.3, 0.4) is 0 Å². The molecule has 0 aromatic heterocycles. The molecule has 18 heavy (non-hydrogen) atoms. The number of hydrogen-bond acceptors (Lipinski definition) is 3. The van der Waals surface area contributed by atoms with Crippen molar-refractivity contribution in [1.82, 2.24) is 15.1 Å². The van der Waals surface area contributed by atoms with Crippen molar-refractivity contribution in [3.8, 4) is 12.3 Å². The lowest BCUT2D eigenvalue weighted by atomic mass is 10.4. The molecule has 2 N–H and O–H groups in total. The van der Waals surface area contributed by atoms with Gasteiger partial charge in [-0.2, -0.15) is 0 Å². The Labute approximate surface area is 108 Å². The summed E-state index contributed by atoms with van der Waals surface area (Å²) >= 11 is 0. The van der Waals surface area contributed by atoms with Gasteiger partial charge in [-0.1, -0.05) is 19.8 Å². The standard InChI is InChI=1S/C12H21N3O3/c1-4-8-15(10-11(16)17)12(18)13-7-9-14(5-2)6-3/h1H,5-10H2,2-3H3,(H,13,18)(H,16,17). The van der Waals surface area contributed by atoms with E-state index in [0.29, 0.717) is 6.54 Å². The molecule has 0 radical (unpaired) electrons. The molecule has 0 bridgehead atoms. The number of carboxylic acid groups (broad SMARTS) is 1. The Morgan fingerprint density at radius 1 is 1.33 bits per heavy atom. The van der Waals surface area contributed by atoms with Crippen molar-refractivity contribution in [2.45, 2.75) is 13.8 Å². The molecule has 0 fully saturated rings. The van der Waals surface area contributed by atoms with Crippen LogP contribution in [-0.2, 0) is 4.79 Å². The number of rotatable bonds is 8. The van der Waals surface area contributed by atoms with E-state index in [2.05, 4.69) is 16.1 Å². The molecule has 0 aliphatic rings. The first-order valence-corrected chi connectivity index (χ1v) is 5.95. The summed E-state index contributed by atoms with van der Waals surface area (Å²) in [7, 11) is 0. The first-order valence-electron chi connectivity index (χ1n) is 5.95. The molecule has 0 aliphatic heterocycles. The van der Waals surface area contributed by atoms with E-state index in [4.69, 9.17) is 11.5 Å². The van der Waals surface area contributed by atoms with E-state index in [1.165, 1.54) is 0 Å². The van der Waals surface area contributed by atoms with E-state index in [0.717, 1.165) is 24.5 Å². The Kier molecular flexibility index (Phi) is 8.41. The molecule has 0 spiro atoms. The van der Waals surface area contributed by atoms with Crippen LogP contribution in [-0.4, -0.2) is 66.2 Å². The lowest BCUT2D eigenvalue weighted by molar-refractivity contribution is -0.137. The average Bonchev–Trinajstić information content (AvgIpc) is 2.33. The molecule has 0 heterocycles. The lowest BCUT2D eigenvalue weighted by Gasteiger charge is -2.21. The molecular weight excluding hydrogens is 234 g/mol. The van der Waals surface area contributed by atoms with Crippen molar-refractivity contribution in [3.05, 3.63) is 0 Å². The molecule has 102 valence electrons. The first-order chi connectivity index (χ1) is 8.54. The number of hydrogen-bond donors (Lipinski definition) is 2. The molecule has 0 rings (SSSR count). The fraction of sp³-hybridized carbons (Fsp3) is 0.667. The Hall–Kier alpha value is -1.74. The zero-order valence-electron chi connectivity index (χ0n) is 11.0. The van der Waals surface area contributed by atoms with Crippen molar-refractivity contribution in [2.75, 3.05) is 39.3 Å². The highest BCUT2D eigenvalue weighted by molar-refractivity contribution is 5.80. The summed E-state index contributed by atoms with van der Waals surface area (Å²) in [6.07, 6.45) is 5.09. The van der Waals surface area contributed by atoms with Crippen LogP contribution in [0, 0.1) is 12.3 Å². The van der Waals surface area contributed by atoms with Gasteiger partial charge in [-0.25, -0.2) is 4.79 Å². The molecule has 0 aromatic carbocycles. The smallest absolute Gasteiger partial charge is 0.323 e. The number of urea groups is 1. The van der Waals surface area contributed by atoms with Gasteiger partial charge < -0.3 is 20.2 Å². The zero-order chi connectivity index (χ0) is 14.0. The summed E-state index contributed by atoms with van der Waals surface area (Å²) in [4.78, 5) is 25.5. The molecule has 0 saturated heterocycles. The van der Waals surface area contributed by atoms with Gasteiger partial charge in [0.25, 0.3) is 0 Å². The van der Waals surface area contributed by atoms with Gasteiger partial charge in [0.15, 0.2) is 0 Å². The third-order valence-corrected chi connectivity index (χ3v) is 2.49. The third-order valence-electron chi connectivity index (χ3n) is 2.49. The minimum absolute atomic E-state index is 0.0105. The highest BCUT2D eigenvalue weighted by atomic mass is 16.4. The van der Waals surface area contributed by atoms with E-state index in [1.807, 2.05) is 13.8 Å².